The van der Waals surface area contributed by atoms with Gasteiger partial charge in [0.15, 0.2) is 5.79 Å². The van der Waals surface area contributed by atoms with Crippen molar-refractivity contribution in [3.05, 3.63) is 16.1 Å². The predicted molar refractivity (Wildman–Crippen MR) is 96.2 cm³/mol. The van der Waals surface area contributed by atoms with Crippen LogP contribution in [0.1, 0.15) is 56.2 Å². The second kappa shape index (κ2) is 8.99. The average molecular weight is 332 g/mol. The Morgan fingerprint density at radius 3 is 2.30 bits per heavy atom. The Morgan fingerprint density at radius 1 is 1.26 bits per heavy atom. The van der Waals surface area contributed by atoms with Gasteiger partial charge in [-0.2, -0.15) is 0 Å². The van der Waals surface area contributed by atoms with Crippen molar-refractivity contribution in [3.8, 4) is 0 Å². The number of ether oxygens (including phenoxy) is 2. The molecule has 126 valence electrons. The molecule has 2 aliphatic rings. The summed E-state index contributed by atoms with van der Waals surface area (Å²) in [6.07, 6.45) is 6.68. The minimum absolute atomic E-state index is 0.0134. The third-order valence-electron chi connectivity index (χ3n) is 4.89. The van der Waals surface area contributed by atoms with Gasteiger partial charge < -0.3 is 14.8 Å². The van der Waals surface area contributed by atoms with Crippen LogP contribution in [0.4, 0.5) is 0 Å². The van der Waals surface area contributed by atoms with Crippen molar-refractivity contribution < 1.29 is 9.47 Å². The number of hydrogen-bond acceptors (Lipinski definition) is 5. The van der Waals surface area contributed by atoms with Gasteiger partial charge in [0.25, 0.3) is 0 Å². The minimum atomic E-state index is -0.299. The van der Waals surface area contributed by atoms with E-state index in [0.717, 1.165) is 44.6 Å². The standard InChI is InChI=1S/C13H20N2O2S.C4H9.Li/c1-10-9-18-11(15-10)12(14-2)3-5-13(6-4-12)16-7-8-17-13;1-3-4-2;/h9,14H,3-8H2,1-2H3;1,3-4H2,2H3;. The van der Waals surface area contributed by atoms with E-state index in [2.05, 4.69) is 47.2 Å². The van der Waals surface area contributed by atoms with Crippen LogP contribution in [0.2, 0.25) is 5.09 Å². The summed E-state index contributed by atoms with van der Waals surface area (Å²) < 4.78 is 11.6. The fourth-order valence-corrected chi connectivity index (χ4v) is 4.40. The summed E-state index contributed by atoms with van der Waals surface area (Å²) in [6, 6.07) is 0. The molecule has 0 aromatic carbocycles. The number of unbranched alkanes of at least 4 members (excludes halogenated alkanes) is 1. The summed E-state index contributed by atoms with van der Waals surface area (Å²) in [5, 5.41) is 8.16. The maximum absolute atomic E-state index is 5.79. The van der Waals surface area contributed by atoms with Crippen LogP contribution in [0.25, 0.3) is 0 Å². The Hall–Kier alpha value is 0.107. The predicted octanol–water partition coefficient (Wildman–Crippen LogP) is 3.56. The van der Waals surface area contributed by atoms with Gasteiger partial charge in [0.1, 0.15) is 5.01 Å². The van der Waals surface area contributed by atoms with Crippen LogP contribution < -0.4 is 5.32 Å². The van der Waals surface area contributed by atoms with Crippen LogP contribution in [-0.4, -0.2) is 48.7 Å². The summed E-state index contributed by atoms with van der Waals surface area (Å²) in [6.45, 7) is 5.74. The number of rotatable bonds is 4. The van der Waals surface area contributed by atoms with E-state index in [1.165, 1.54) is 22.9 Å². The molecule has 23 heavy (non-hydrogen) atoms. The number of hydrogen-bond donors (Lipinski definition) is 1. The second-order valence-corrected chi connectivity index (χ2v) is 7.45. The van der Waals surface area contributed by atoms with Gasteiger partial charge in [-0.05, 0) is 26.8 Å². The molecule has 6 heteroatoms. The van der Waals surface area contributed by atoms with Crippen LogP contribution in [0.5, 0.6) is 0 Å². The van der Waals surface area contributed by atoms with Gasteiger partial charge in [-0.3, -0.25) is 0 Å². The van der Waals surface area contributed by atoms with Crippen LogP contribution in [0.15, 0.2) is 5.38 Å². The number of nitrogens with zero attached hydrogens (tertiary/aromatic N) is 1. The fraction of sp³-hybridized carbons (Fsp3) is 0.824. The SMILES string of the molecule is CNC1(c2nc(C)cs2)CCC2(CC1)OCCO2.[Li][CH2]CCC. The normalized spacial score (nSPS) is 22.0. The Kier molecular flexibility index (Phi) is 7.59. The molecule has 0 unspecified atom stereocenters. The molecule has 4 nitrogen and oxygen atoms in total. The summed E-state index contributed by atoms with van der Waals surface area (Å²) in [5.41, 5.74) is 1.12. The summed E-state index contributed by atoms with van der Waals surface area (Å²) in [5.74, 6) is -0.299. The summed E-state index contributed by atoms with van der Waals surface area (Å²) in [7, 11) is 2.03. The zero-order chi connectivity index (χ0) is 16.8. The fourth-order valence-electron chi connectivity index (χ4n) is 3.34. The molecule has 1 N–H and O–H groups in total. The van der Waals surface area contributed by atoms with Crippen LogP contribution in [0, 0.1) is 6.92 Å². The van der Waals surface area contributed by atoms with E-state index < -0.39 is 0 Å². The first-order valence-corrected chi connectivity index (χ1v) is 9.87. The molecule has 1 aromatic heterocycles. The first-order chi connectivity index (χ1) is 11.1. The van der Waals surface area contributed by atoms with E-state index >= 15 is 0 Å². The number of aryl methyl sites for hydroxylation is 1. The zero-order valence-electron chi connectivity index (χ0n) is 15.1. The zero-order valence-corrected chi connectivity index (χ0v) is 15.9. The molecule has 3 rings (SSSR count). The van der Waals surface area contributed by atoms with Crippen LogP contribution >= 0.6 is 11.3 Å². The molecule has 0 atom stereocenters. The first kappa shape index (κ1) is 19.4. The molecule has 1 aliphatic heterocycles. The second-order valence-electron chi connectivity index (χ2n) is 6.59. The molecule has 1 aromatic rings. The van der Waals surface area contributed by atoms with Gasteiger partial charge in [-0.15, -0.1) is 11.3 Å². The van der Waals surface area contributed by atoms with E-state index in [-0.39, 0.29) is 11.3 Å². The third-order valence-corrected chi connectivity index (χ3v) is 6.06. The van der Waals surface area contributed by atoms with Crippen molar-refractivity contribution in [2.75, 3.05) is 20.3 Å². The Balaban J connectivity index is 0.000000338. The van der Waals surface area contributed by atoms with E-state index in [9.17, 15) is 0 Å². The molecule has 1 spiro atoms. The maximum atomic E-state index is 5.79. The monoisotopic (exact) mass is 332 g/mol. The topological polar surface area (TPSA) is 43.4 Å². The first-order valence-electron chi connectivity index (χ1n) is 8.99. The summed E-state index contributed by atoms with van der Waals surface area (Å²) >= 11 is 3.97. The Bertz CT molecular complexity index is 463. The van der Waals surface area contributed by atoms with Crippen molar-refractivity contribution in [2.45, 2.75) is 68.8 Å². The molecular formula is C17H29LiN2O2S. The molecule has 0 amide bonds. The molecule has 2 heterocycles. The van der Waals surface area contributed by atoms with Gasteiger partial charge in [0, 0.05) is 23.9 Å². The molecule has 1 saturated carbocycles. The molecule has 0 radical (unpaired) electrons. The van der Waals surface area contributed by atoms with Gasteiger partial charge in [0.2, 0.25) is 0 Å². The van der Waals surface area contributed by atoms with Crippen molar-refractivity contribution in [1.29, 1.82) is 0 Å². The number of nitrogens with one attached hydrogen (secondary N) is 1. The molecular weight excluding hydrogens is 303 g/mol. The van der Waals surface area contributed by atoms with Crippen molar-refractivity contribution in [1.82, 2.24) is 10.3 Å². The van der Waals surface area contributed by atoms with Crippen LogP contribution in [0.3, 0.4) is 0 Å². The van der Waals surface area contributed by atoms with Gasteiger partial charge in [-0.25, -0.2) is 4.98 Å². The van der Waals surface area contributed by atoms with Crippen molar-refractivity contribution >= 4 is 29.1 Å². The Morgan fingerprint density at radius 2 is 1.91 bits per heavy atom. The number of thiazole rings is 1. The quantitative estimate of drug-likeness (QED) is 0.856. The molecule has 0 bridgehead atoms. The average Bonchev–Trinajstić information content (AvgIpc) is 3.20. The van der Waals surface area contributed by atoms with Gasteiger partial charge in [0.05, 0.1) is 18.8 Å². The van der Waals surface area contributed by atoms with Gasteiger partial charge >= 0.3 is 42.6 Å². The molecule has 1 saturated heterocycles. The van der Waals surface area contributed by atoms with Crippen LogP contribution in [-0.2, 0) is 15.0 Å². The van der Waals surface area contributed by atoms with E-state index in [0.29, 0.717) is 0 Å². The summed E-state index contributed by atoms with van der Waals surface area (Å²) in [4.78, 5) is 4.67. The number of aromatic nitrogens is 1. The molecule has 2 fully saturated rings. The van der Waals surface area contributed by atoms with E-state index in [4.69, 9.17) is 9.47 Å². The Labute approximate surface area is 153 Å². The van der Waals surface area contributed by atoms with Crippen molar-refractivity contribution in [3.63, 3.8) is 0 Å². The van der Waals surface area contributed by atoms with E-state index in [1.54, 1.807) is 11.3 Å². The van der Waals surface area contributed by atoms with Crippen molar-refractivity contribution in [2.24, 2.45) is 0 Å². The van der Waals surface area contributed by atoms with Gasteiger partial charge in [-0.1, -0.05) is 0 Å². The molecule has 1 aliphatic carbocycles. The third kappa shape index (κ3) is 4.81. The van der Waals surface area contributed by atoms with E-state index in [1.807, 2.05) is 7.05 Å².